The fraction of sp³-hybridized carbons (Fsp3) is 0.250. The number of ether oxygens (including phenoxy) is 1. The quantitative estimate of drug-likeness (QED) is 0.600. The van der Waals surface area contributed by atoms with Crippen LogP contribution >= 0.6 is 11.3 Å². The van der Waals surface area contributed by atoms with Gasteiger partial charge in [0.05, 0.1) is 6.26 Å². The molecule has 3 aromatic heterocycles. The molecule has 130 valence electrons. The largest absolute Gasteiger partial charge is 0.467 e. The summed E-state index contributed by atoms with van der Waals surface area (Å²) >= 11 is 1.27. The minimum absolute atomic E-state index is 0.324. The summed E-state index contributed by atoms with van der Waals surface area (Å²) in [5.74, 6) is 0.783. The average molecular weight is 359 g/mol. The first-order valence-corrected chi connectivity index (χ1v) is 8.53. The summed E-state index contributed by atoms with van der Waals surface area (Å²) in [6.45, 7) is 1.46. The number of nitrogens with zero attached hydrogens (tertiary/aromatic N) is 3. The van der Waals surface area contributed by atoms with Crippen molar-refractivity contribution in [3.8, 4) is 10.7 Å². The number of hydrogen-bond acceptors (Lipinski definition) is 7. The van der Waals surface area contributed by atoms with Gasteiger partial charge in [0.1, 0.15) is 18.1 Å². The second kappa shape index (κ2) is 8.90. The van der Waals surface area contributed by atoms with Crippen LogP contribution in [0.1, 0.15) is 12.2 Å². The van der Waals surface area contributed by atoms with Crippen LogP contribution in [0.4, 0.5) is 9.93 Å². The van der Waals surface area contributed by atoms with E-state index in [-0.39, 0.29) is 6.03 Å². The third-order valence-electron chi connectivity index (χ3n) is 3.10. The number of hydrogen-bond donors (Lipinski definition) is 2. The van der Waals surface area contributed by atoms with E-state index in [1.807, 2.05) is 30.3 Å². The smallest absolute Gasteiger partial charge is 0.321 e. The molecule has 0 aliphatic heterocycles. The Bertz CT molecular complexity index is 776. The van der Waals surface area contributed by atoms with Gasteiger partial charge in [-0.05, 0) is 30.7 Å². The van der Waals surface area contributed by atoms with Crippen molar-refractivity contribution in [3.05, 3.63) is 48.6 Å². The highest BCUT2D eigenvalue weighted by atomic mass is 32.1. The van der Waals surface area contributed by atoms with Crippen molar-refractivity contribution in [3.63, 3.8) is 0 Å². The number of urea groups is 1. The number of pyridine rings is 1. The van der Waals surface area contributed by atoms with Crippen molar-refractivity contribution in [2.24, 2.45) is 0 Å². The van der Waals surface area contributed by atoms with E-state index >= 15 is 0 Å². The Morgan fingerprint density at radius 3 is 3.00 bits per heavy atom. The highest BCUT2D eigenvalue weighted by molar-refractivity contribution is 7.18. The molecule has 3 rings (SSSR count). The van der Waals surface area contributed by atoms with Crippen molar-refractivity contribution in [2.75, 3.05) is 18.5 Å². The van der Waals surface area contributed by atoms with E-state index in [0.717, 1.165) is 11.5 Å². The lowest BCUT2D eigenvalue weighted by atomic mass is 10.4. The van der Waals surface area contributed by atoms with Gasteiger partial charge in [0.25, 0.3) is 0 Å². The number of nitrogens with one attached hydrogen (secondary N) is 2. The van der Waals surface area contributed by atoms with Crippen LogP contribution in [-0.2, 0) is 11.3 Å². The maximum Gasteiger partial charge on any atom is 0.321 e. The van der Waals surface area contributed by atoms with Crippen LogP contribution in [0, 0.1) is 0 Å². The van der Waals surface area contributed by atoms with Gasteiger partial charge in [-0.15, -0.1) is 10.2 Å². The molecular formula is C16H17N5O3S. The second-order valence-corrected chi connectivity index (χ2v) is 5.97. The number of carbonyl (C=O) groups excluding carboxylic acids is 1. The number of furan rings is 1. The highest BCUT2D eigenvalue weighted by Gasteiger charge is 2.09. The molecule has 3 heterocycles. The predicted molar refractivity (Wildman–Crippen MR) is 93.1 cm³/mol. The molecule has 0 unspecified atom stereocenters. The van der Waals surface area contributed by atoms with Gasteiger partial charge in [-0.25, -0.2) is 4.79 Å². The first-order chi connectivity index (χ1) is 12.3. The molecule has 0 radical (unpaired) electrons. The fourth-order valence-corrected chi connectivity index (χ4v) is 2.67. The van der Waals surface area contributed by atoms with Crippen LogP contribution in [0.2, 0.25) is 0 Å². The molecule has 2 amide bonds. The van der Waals surface area contributed by atoms with Crippen molar-refractivity contribution in [1.82, 2.24) is 20.5 Å². The zero-order valence-corrected chi connectivity index (χ0v) is 14.2. The SMILES string of the molecule is O=C(NCCCOCc1ccco1)Nc1nnc(-c2ccccn2)s1. The number of anilines is 1. The van der Waals surface area contributed by atoms with Gasteiger partial charge in [0, 0.05) is 19.3 Å². The fourth-order valence-electron chi connectivity index (χ4n) is 1.95. The number of rotatable bonds is 8. The number of carbonyl (C=O) groups is 1. The van der Waals surface area contributed by atoms with Crippen LogP contribution < -0.4 is 10.6 Å². The average Bonchev–Trinajstić information content (AvgIpc) is 3.31. The molecule has 0 atom stereocenters. The van der Waals surface area contributed by atoms with Gasteiger partial charge in [-0.3, -0.25) is 10.3 Å². The first kappa shape index (κ1) is 17.1. The van der Waals surface area contributed by atoms with E-state index in [1.54, 1.807) is 12.5 Å². The van der Waals surface area contributed by atoms with E-state index in [1.165, 1.54) is 11.3 Å². The Morgan fingerprint density at radius 1 is 1.24 bits per heavy atom. The molecule has 8 nitrogen and oxygen atoms in total. The van der Waals surface area contributed by atoms with Crippen molar-refractivity contribution in [2.45, 2.75) is 13.0 Å². The normalized spacial score (nSPS) is 10.6. The van der Waals surface area contributed by atoms with Gasteiger partial charge in [-0.2, -0.15) is 0 Å². The lowest BCUT2D eigenvalue weighted by Gasteiger charge is -2.05. The van der Waals surface area contributed by atoms with E-state index in [2.05, 4.69) is 25.8 Å². The third kappa shape index (κ3) is 5.37. The third-order valence-corrected chi connectivity index (χ3v) is 3.97. The Balaban J connectivity index is 1.33. The van der Waals surface area contributed by atoms with Crippen LogP contribution in [-0.4, -0.2) is 34.4 Å². The lowest BCUT2D eigenvalue weighted by Crippen LogP contribution is -2.30. The minimum atomic E-state index is -0.324. The van der Waals surface area contributed by atoms with Gasteiger partial charge in [0.15, 0.2) is 5.01 Å². The van der Waals surface area contributed by atoms with Gasteiger partial charge < -0.3 is 14.5 Å². The van der Waals surface area contributed by atoms with Crippen molar-refractivity contribution < 1.29 is 13.9 Å². The van der Waals surface area contributed by atoms with Crippen LogP contribution in [0.5, 0.6) is 0 Å². The molecule has 9 heteroatoms. The minimum Gasteiger partial charge on any atom is -0.467 e. The molecule has 0 saturated carbocycles. The van der Waals surface area contributed by atoms with E-state index in [9.17, 15) is 4.79 Å². The molecule has 3 aromatic rings. The van der Waals surface area contributed by atoms with Crippen LogP contribution in [0.3, 0.4) is 0 Å². The van der Waals surface area contributed by atoms with Crippen molar-refractivity contribution in [1.29, 1.82) is 0 Å². The maximum absolute atomic E-state index is 11.8. The standard InChI is InChI=1S/C16H17N5O3S/c22-15(18-8-4-9-23-11-12-5-3-10-24-12)19-16-21-20-14(25-16)13-6-1-2-7-17-13/h1-3,5-7,10H,4,8-9,11H2,(H2,18,19,21,22). The summed E-state index contributed by atoms with van der Waals surface area (Å²) in [5.41, 5.74) is 0.724. The molecule has 25 heavy (non-hydrogen) atoms. The number of amides is 2. The molecule has 0 aromatic carbocycles. The molecule has 0 saturated heterocycles. The first-order valence-electron chi connectivity index (χ1n) is 7.71. The summed E-state index contributed by atoms with van der Waals surface area (Å²) in [7, 11) is 0. The monoisotopic (exact) mass is 359 g/mol. The van der Waals surface area contributed by atoms with E-state index in [4.69, 9.17) is 9.15 Å². The Morgan fingerprint density at radius 2 is 2.20 bits per heavy atom. The summed E-state index contributed by atoms with van der Waals surface area (Å²) in [6.07, 6.45) is 3.99. The summed E-state index contributed by atoms with van der Waals surface area (Å²) in [5, 5.41) is 14.4. The Labute approximate surface area is 148 Å². The maximum atomic E-state index is 11.8. The van der Waals surface area contributed by atoms with Gasteiger partial charge >= 0.3 is 6.03 Å². The molecule has 0 spiro atoms. The van der Waals surface area contributed by atoms with Crippen LogP contribution in [0.25, 0.3) is 10.7 Å². The van der Waals surface area contributed by atoms with Crippen molar-refractivity contribution >= 4 is 22.5 Å². The summed E-state index contributed by atoms with van der Waals surface area (Å²) in [6, 6.07) is 8.89. The van der Waals surface area contributed by atoms with Crippen LogP contribution in [0.15, 0.2) is 47.2 Å². The summed E-state index contributed by atoms with van der Waals surface area (Å²) < 4.78 is 10.6. The van der Waals surface area contributed by atoms with E-state index in [0.29, 0.717) is 36.3 Å². The Hall–Kier alpha value is -2.78. The molecule has 0 aliphatic carbocycles. The van der Waals surface area contributed by atoms with Gasteiger partial charge in [0.2, 0.25) is 5.13 Å². The lowest BCUT2D eigenvalue weighted by molar-refractivity contribution is 0.104. The zero-order valence-electron chi connectivity index (χ0n) is 13.3. The molecular weight excluding hydrogens is 342 g/mol. The van der Waals surface area contributed by atoms with E-state index < -0.39 is 0 Å². The molecule has 0 aliphatic rings. The molecule has 2 N–H and O–H groups in total. The summed E-state index contributed by atoms with van der Waals surface area (Å²) in [4.78, 5) is 16.0. The molecule has 0 fully saturated rings. The number of aromatic nitrogens is 3. The Kier molecular flexibility index (Phi) is 6.07. The second-order valence-electron chi connectivity index (χ2n) is 4.99. The zero-order chi connectivity index (χ0) is 17.3. The molecule has 0 bridgehead atoms. The topological polar surface area (TPSA) is 102 Å². The highest BCUT2D eigenvalue weighted by Crippen LogP contribution is 2.24. The predicted octanol–water partition coefficient (Wildman–Crippen LogP) is 2.92. The van der Waals surface area contributed by atoms with Gasteiger partial charge in [-0.1, -0.05) is 17.4 Å².